The van der Waals surface area contributed by atoms with E-state index < -0.39 is 21.4 Å². The molecule has 0 bridgehead atoms. The molecule has 1 aliphatic carbocycles. The number of benzene rings is 1. The Kier molecular flexibility index (Phi) is 5.58. The van der Waals surface area contributed by atoms with E-state index in [1.54, 1.807) is 19.1 Å². The second kappa shape index (κ2) is 7.59. The first kappa shape index (κ1) is 19.8. The van der Waals surface area contributed by atoms with Crippen LogP contribution in [-0.2, 0) is 14.8 Å². The molecule has 0 radical (unpaired) electrons. The van der Waals surface area contributed by atoms with Crippen LogP contribution in [0.4, 0.5) is 0 Å². The minimum absolute atomic E-state index is 0.0484. The van der Waals surface area contributed by atoms with Gasteiger partial charge in [-0.15, -0.1) is 0 Å². The lowest BCUT2D eigenvalue weighted by Gasteiger charge is -2.37. The summed E-state index contributed by atoms with van der Waals surface area (Å²) < 4.78 is 28.0. The molecule has 1 saturated heterocycles. The van der Waals surface area contributed by atoms with Gasteiger partial charge < -0.3 is 10.0 Å². The average Bonchev–Trinajstić information content (AvgIpc) is 3.13. The van der Waals surface area contributed by atoms with E-state index in [-0.39, 0.29) is 29.0 Å². The van der Waals surface area contributed by atoms with Gasteiger partial charge in [0.15, 0.2) is 0 Å². The van der Waals surface area contributed by atoms with Gasteiger partial charge in [-0.05, 0) is 50.8 Å². The highest BCUT2D eigenvalue weighted by Gasteiger charge is 2.39. The molecule has 3 rings (SSSR count). The molecule has 2 N–H and O–H groups in total. The third kappa shape index (κ3) is 4.32. The number of carboxylic acid groups (broad SMARTS) is 1. The minimum Gasteiger partial charge on any atom is -0.481 e. The summed E-state index contributed by atoms with van der Waals surface area (Å²) >= 11 is 0. The van der Waals surface area contributed by atoms with E-state index in [0.717, 1.165) is 25.7 Å². The predicted molar refractivity (Wildman–Crippen MR) is 99.9 cm³/mol. The number of likely N-dealkylation sites (tertiary alicyclic amines) is 1. The summed E-state index contributed by atoms with van der Waals surface area (Å²) in [5, 5.41) is 9.43. The van der Waals surface area contributed by atoms with E-state index in [1.807, 2.05) is 0 Å². The number of carbonyl (C=O) groups is 2. The molecule has 1 aliphatic heterocycles. The van der Waals surface area contributed by atoms with Crippen LogP contribution in [0.15, 0.2) is 29.2 Å². The minimum atomic E-state index is -3.68. The fourth-order valence-corrected chi connectivity index (χ4v) is 5.25. The van der Waals surface area contributed by atoms with Gasteiger partial charge >= 0.3 is 5.97 Å². The molecular weight excluding hydrogens is 368 g/mol. The number of hydrogen-bond acceptors (Lipinski definition) is 4. The summed E-state index contributed by atoms with van der Waals surface area (Å²) in [6.07, 6.45) is 4.83. The first-order valence-corrected chi connectivity index (χ1v) is 10.8. The quantitative estimate of drug-likeness (QED) is 0.797. The van der Waals surface area contributed by atoms with Crippen molar-refractivity contribution in [1.29, 1.82) is 0 Å². The summed E-state index contributed by atoms with van der Waals surface area (Å²) in [6, 6.07) is 5.94. The van der Waals surface area contributed by atoms with Gasteiger partial charge in [-0.1, -0.05) is 18.9 Å². The third-order valence-corrected chi connectivity index (χ3v) is 7.09. The zero-order valence-electron chi connectivity index (χ0n) is 15.5. The predicted octanol–water partition coefficient (Wildman–Crippen LogP) is 2.23. The van der Waals surface area contributed by atoms with E-state index in [0.29, 0.717) is 19.4 Å². The van der Waals surface area contributed by atoms with Gasteiger partial charge in [0, 0.05) is 24.7 Å². The van der Waals surface area contributed by atoms with Crippen molar-refractivity contribution in [2.45, 2.75) is 56.4 Å². The molecule has 148 valence electrons. The Balaban J connectivity index is 1.78. The van der Waals surface area contributed by atoms with Crippen molar-refractivity contribution >= 4 is 21.9 Å². The third-order valence-electron chi connectivity index (χ3n) is 5.57. The topological polar surface area (TPSA) is 104 Å². The van der Waals surface area contributed by atoms with Gasteiger partial charge in [0.25, 0.3) is 5.91 Å². The molecule has 7 nitrogen and oxygen atoms in total. The van der Waals surface area contributed by atoms with Crippen molar-refractivity contribution < 1.29 is 23.1 Å². The van der Waals surface area contributed by atoms with Crippen LogP contribution in [0.1, 0.15) is 55.8 Å². The maximum Gasteiger partial charge on any atom is 0.311 e. The maximum atomic E-state index is 12.9. The van der Waals surface area contributed by atoms with Crippen molar-refractivity contribution in [1.82, 2.24) is 9.62 Å². The van der Waals surface area contributed by atoms with Gasteiger partial charge in [-0.2, -0.15) is 0 Å². The first-order chi connectivity index (χ1) is 12.7. The Labute approximate surface area is 159 Å². The summed E-state index contributed by atoms with van der Waals surface area (Å²) in [5.74, 6) is -1.25. The van der Waals surface area contributed by atoms with Crippen LogP contribution < -0.4 is 4.72 Å². The van der Waals surface area contributed by atoms with Gasteiger partial charge in [0.1, 0.15) is 0 Å². The molecule has 1 heterocycles. The number of nitrogens with one attached hydrogen (secondary N) is 1. The number of carbonyl (C=O) groups excluding carboxylic acids is 1. The highest BCUT2D eigenvalue weighted by molar-refractivity contribution is 7.89. The summed E-state index contributed by atoms with van der Waals surface area (Å²) in [7, 11) is -3.68. The Morgan fingerprint density at radius 1 is 1.22 bits per heavy atom. The lowest BCUT2D eigenvalue weighted by Crippen LogP contribution is -2.48. The molecule has 2 aliphatic rings. The van der Waals surface area contributed by atoms with Gasteiger partial charge in [0.05, 0.1) is 10.3 Å². The fourth-order valence-electron chi connectivity index (χ4n) is 3.90. The smallest absolute Gasteiger partial charge is 0.311 e. The number of aliphatic carboxylic acids is 1. The van der Waals surface area contributed by atoms with Crippen molar-refractivity contribution in [3.8, 4) is 0 Å². The number of hydrogen-bond donors (Lipinski definition) is 2. The van der Waals surface area contributed by atoms with Gasteiger partial charge in [0.2, 0.25) is 10.0 Å². The van der Waals surface area contributed by atoms with Crippen LogP contribution >= 0.6 is 0 Å². The van der Waals surface area contributed by atoms with E-state index in [9.17, 15) is 23.1 Å². The van der Waals surface area contributed by atoms with Crippen LogP contribution in [0, 0.1) is 5.41 Å². The number of amides is 1. The number of nitrogens with zero attached hydrogens (tertiary/aromatic N) is 1. The average molecular weight is 394 g/mol. The summed E-state index contributed by atoms with van der Waals surface area (Å²) in [4.78, 5) is 25.9. The number of piperidine rings is 1. The van der Waals surface area contributed by atoms with Crippen LogP contribution in [-0.4, -0.2) is 49.4 Å². The molecule has 1 saturated carbocycles. The first-order valence-electron chi connectivity index (χ1n) is 9.36. The van der Waals surface area contributed by atoms with Crippen LogP contribution in [0.3, 0.4) is 0 Å². The SMILES string of the molecule is CC1(C(=O)O)CCCN(C(=O)c2cccc(S(=O)(=O)NC3CCCC3)c2)C1. The number of rotatable bonds is 5. The molecule has 8 heteroatoms. The lowest BCUT2D eigenvalue weighted by atomic mass is 9.82. The molecule has 1 amide bonds. The molecule has 0 spiro atoms. The van der Waals surface area contributed by atoms with Crippen LogP contribution in [0.2, 0.25) is 0 Å². The fraction of sp³-hybridized carbons (Fsp3) is 0.579. The van der Waals surface area contributed by atoms with E-state index in [4.69, 9.17) is 0 Å². The monoisotopic (exact) mass is 394 g/mol. The summed E-state index contributed by atoms with van der Waals surface area (Å²) in [6.45, 7) is 2.23. The van der Waals surface area contributed by atoms with Crippen molar-refractivity contribution in [2.75, 3.05) is 13.1 Å². The van der Waals surface area contributed by atoms with E-state index >= 15 is 0 Å². The molecular formula is C19H26N2O5S. The van der Waals surface area contributed by atoms with Crippen LogP contribution in [0.25, 0.3) is 0 Å². The zero-order valence-corrected chi connectivity index (χ0v) is 16.3. The molecule has 27 heavy (non-hydrogen) atoms. The molecule has 0 aromatic heterocycles. The standard InChI is InChI=1S/C19H26N2O5S/c1-19(18(23)24)10-5-11-21(13-19)17(22)14-6-4-9-16(12-14)27(25,26)20-15-7-2-3-8-15/h4,6,9,12,15,20H,2-3,5,7-8,10-11,13H2,1H3,(H,23,24). The van der Waals surface area contributed by atoms with E-state index in [2.05, 4.69) is 4.72 Å². The highest BCUT2D eigenvalue weighted by atomic mass is 32.2. The van der Waals surface area contributed by atoms with Crippen molar-refractivity contribution in [3.63, 3.8) is 0 Å². The molecule has 1 aromatic carbocycles. The Bertz CT molecular complexity index is 832. The number of carboxylic acids is 1. The molecule has 1 atom stereocenters. The maximum absolute atomic E-state index is 12.9. The summed E-state index contributed by atoms with van der Waals surface area (Å²) in [5.41, 5.74) is -0.708. The Morgan fingerprint density at radius 3 is 2.59 bits per heavy atom. The highest BCUT2D eigenvalue weighted by Crippen LogP contribution is 2.30. The van der Waals surface area contributed by atoms with Crippen LogP contribution in [0.5, 0.6) is 0 Å². The second-order valence-corrected chi connectivity index (χ2v) is 9.54. The zero-order chi connectivity index (χ0) is 19.7. The largest absolute Gasteiger partial charge is 0.481 e. The molecule has 2 fully saturated rings. The van der Waals surface area contributed by atoms with E-state index in [1.165, 1.54) is 17.0 Å². The second-order valence-electron chi connectivity index (χ2n) is 7.83. The lowest BCUT2D eigenvalue weighted by molar-refractivity contribution is -0.150. The Hall–Kier alpha value is -1.93. The van der Waals surface area contributed by atoms with Gasteiger partial charge in [-0.3, -0.25) is 9.59 Å². The number of sulfonamides is 1. The Morgan fingerprint density at radius 2 is 1.93 bits per heavy atom. The molecule has 1 unspecified atom stereocenters. The molecule has 1 aromatic rings. The van der Waals surface area contributed by atoms with Crippen molar-refractivity contribution in [3.05, 3.63) is 29.8 Å². The normalized spacial score (nSPS) is 24.1. The van der Waals surface area contributed by atoms with Crippen molar-refractivity contribution in [2.24, 2.45) is 5.41 Å². The van der Waals surface area contributed by atoms with Gasteiger partial charge in [-0.25, -0.2) is 13.1 Å².